The Morgan fingerprint density at radius 2 is 1.77 bits per heavy atom. The van der Waals surface area contributed by atoms with Gasteiger partial charge in [-0.3, -0.25) is 9.59 Å². The van der Waals surface area contributed by atoms with Crippen molar-refractivity contribution in [2.24, 2.45) is 0 Å². The minimum absolute atomic E-state index is 0.0325. The summed E-state index contributed by atoms with van der Waals surface area (Å²) in [5.41, 5.74) is 0.782. The monoisotopic (exact) mass is 391 g/mol. The number of β-amino-alcohol motifs (C(OH)–C–C–N with tert-alkyl or cyclic N) is 1. The fourth-order valence-electron chi connectivity index (χ4n) is 3.03. The third kappa shape index (κ3) is 3.21. The molecule has 1 atom stereocenters. The second kappa shape index (κ2) is 7.50. The Morgan fingerprint density at radius 3 is 2.38 bits per heavy atom. The van der Waals surface area contributed by atoms with Crippen LogP contribution in [0.1, 0.15) is 17.2 Å². The molecular weight excluding hydrogens is 377 g/mol. The molecule has 2 N–H and O–H groups in total. The zero-order valence-corrected chi connectivity index (χ0v) is 15.0. The molecule has 2 aromatic rings. The van der Waals surface area contributed by atoms with Gasteiger partial charge in [0.2, 0.25) is 0 Å². The molecule has 0 unspecified atom stereocenters. The van der Waals surface area contributed by atoms with Gasteiger partial charge in [0.25, 0.3) is 11.7 Å². The number of ketones is 1. The number of rotatable bonds is 4. The second-order valence-corrected chi connectivity index (χ2v) is 6.59. The molecule has 26 heavy (non-hydrogen) atoms. The highest BCUT2D eigenvalue weighted by Crippen LogP contribution is 2.40. The van der Waals surface area contributed by atoms with Crippen LogP contribution in [0.15, 0.2) is 54.1 Å². The molecule has 1 fully saturated rings. The molecule has 0 aliphatic carbocycles. The summed E-state index contributed by atoms with van der Waals surface area (Å²) in [4.78, 5) is 26.3. The summed E-state index contributed by atoms with van der Waals surface area (Å²) in [5, 5.41) is 20.6. The third-order valence-electron chi connectivity index (χ3n) is 4.18. The summed E-state index contributed by atoms with van der Waals surface area (Å²) in [6, 6.07) is 12.5. The van der Waals surface area contributed by atoms with Crippen LogP contribution in [0.4, 0.5) is 0 Å². The fraction of sp³-hybridized carbons (Fsp3) is 0.158. The van der Waals surface area contributed by atoms with Crippen LogP contribution >= 0.6 is 23.2 Å². The van der Waals surface area contributed by atoms with E-state index in [0.29, 0.717) is 10.6 Å². The van der Waals surface area contributed by atoms with E-state index in [0.717, 1.165) is 0 Å². The summed E-state index contributed by atoms with van der Waals surface area (Å²) in [7, 11) is 0. The Balaban J connectivity index is 2.21. The van der Waals surface area contributed by atoms with Crippen LogP contribution in [0, 0.1) is 0 Å². The van der Waals surface area contributed by atoms with E-state index in [-0.39, 0.29) is 35.1 Å². The van der Waals surface area contributed by atoms with Gasteiger partial charge in [0.15, 0.2) is 0 Å². The van der Waals surface area contributed by atoms with Crippen LogP contribution < -0.4 is 0 Å². The van der Waals surface area contributed by atoms with Crippen molar-refractivity contribution in [1.82, 2.24) is 4.90 Å². The number of amides is 1. The molecule has 2 aromatic carbocycles. The average molecular weight is 392 g/mol. The predicted molar refractivity (Wildman–Crippen MR) is 99.0 cm³/mol. The van der Waals surface area contributed by atoms with Crippen molar-refractivity contribution in [2.45, 2.75) is 6.04 Å². The number of hydrogen-bond donors (Lipinski definition) is 2. The van der Waals surface area contributed by atoms with E-state index in [1.54, 1.807) is 30.3 Å². The molecule has 0 radical (unpaired) electrons. The first kappa shape index (κ1) is 18.5. The van der Waals surface area contributed by atoms with Crippen LogP contribution in [0.3, 0.4) is 0 Å². The van der Waals surface area contributed by atoms with Gasteiger partial charge in [-0.2, -0.15) is 0 Å². The number of Topliss-reactive ketones (excluding diaryl/α,β-unsaturated/α-hetero) is 1. The van der Waals surface area contributed by atoms with Gasteiger partial charge in [-0.05, 0) is 23.8 Å². The van der Waals surface area contributed by atoms with E-state index in [2.05, 4.69) is 0 Å². The fourth-order valence-corrected chi connectivity index (χ4v) is 3.52. The molecule has 1 aliphatic heterocycles. The lowest BCUT2D eigenvalue weighted by atomic mass is 9.95. The van der Waals surface area contributed by atoms with E-state index in [1.807, 2.05) is 0 Å². The Labute approximate surface area is 160 Å². The zero-order chi connectivity index (χ0) is 18.8. The maximum atomic E-state index is 12.6. The van der Waals surface area contributed by atoms with Crippen LogP contribution in [0.5, 0.6) is 0 Å². The van der Waals surface area contributed by atoms with Crippen LogP contribution in [0.2, 0.25) is 10.0 Å². The highest BCUT2D eigenvalue weighted by Gasteiger charge is 2.45. The number of nitrogens with zero attached hydrogens (tertiary/aromatic N) is 1. The lowest BCUT2D eigenvalue weighted by Crippen LogP contribution is -2.32. The molecule has 0 spiro atoms. The number of carbonyl (C=O) groups is 2. The molecule has 3 rings (SSSR count). The quantitative estimate of drug-likeness (QED) is 0.475. The number of aliphatic hydroxyl groups is 2. The summed E-state index contributed by atoms with van der Waals surface area (Å²) in [5.74, 6) is -1.98. The highest BCUT2D eigenvalue weighted by atomic mass is 35.5. The van der Waals surface area contributed by atoms with Gasteiger partial charge in [0.05, 0.1) is 23.2 Å². The molecule has 0 aromatic heterocycles. The van der Waals surface area contributed by atoms with Gasteiger partial charge < -0.3 is 15.1 Å². The van der Waals surface area contributed by atoms with Crippen molar-refractivity contribution in [1.29, 1.82) is 0 Å². The van der Waals surface area contributed by atoms with Crippen molar-refractivity contribution >= 4 is 40.7 Å². The number of benzene rings is 2. The summed E-state index contributed by atoms with van der Waals surface area (Å²) in [6.07, 6.45) is 0. The van der Waals surface area contributed by atoms with E-state index in [1.165, 1.54) is 23.1 Å². The molecule has 134 valence electrons. The molecule has 1 aliphatic rings. The van der Waals surface area contributed by atoms with E-state index < -0.39 is 17.7 Å². The van der Waals surface area contributed by atoms with Crippen molar-refractivity contribution in [2.75, 3.05) is 13.2 Å². The minimum Gasteiger partial charge on any atom is -0.507 e. The number of likely N-dealkylation sites (tertiary alicyclic amines) is 1. The topological polar surface area (TPSA) is 77.8 Å². The lowest BCUT2D eigenvalue weighted by molar-refractivity contribution is -0.140. The lowest BCUT2D eigenvalue weighted by Gasteiger charge is -2.24. The molecule has 0 saturated carbocycles. The normalized spacial score (nSPS) is 19.2. The van der Waals surface area contributed by atoms with Gasteiger partial charge in [-0.15, -0.1) is 0 Å². The van der Waals surface area contributed by atoms with Crippen molar-refractivity contribution in [3.8, 4) is 0 Å². The van der Waals surface area contributed by atoms with E-state index in [4.69, 9.17) is 23.2 Å². The van der Waals surface area contributed by atoms with Gasteiger partial charge in [0, 0.05) is 17.1 Å². The maximum absolute atomic E-state index is 12.6. The van der Waals surface area contributed by atoms with Gasteiger partial charge in [-0.25, -0.2) is 0 Å². The number of hydrogen-bond acceptors (Lipinski definition) is 4. The number of aliphatic hydroxyl groups excluding tert-OH is 2. The van der Waals surface area contributed by atoms with Gasteiger partial charge >= 0.3 is 0 Å². The van der Waals surface area contributed by atoms with Crippen molar-refractivity contribution in [3.05, 3.63) is 75.3 Å². The van der Waals surface area contributed by atoms with Gasteiger partial charge in [0.1, 0.15) is 5.76 Å². The largest absolute Gasteiger partial charge is 0.507 e. The third-order valence-corrected chi connectivity index (χ3v) is 4.73. The van der Waals surface area contributed by atoms with Crippen LogP contribution in [-0.4, -0.2) is 40.0 Å². The molecular formula is C19H15Cl2NO4. The highest BCUT2D eigenvalue weighted by molar-refractivity contribution is 6.47. The summed E-state index contributed by atoms with van der Waals surface area (Å²) in [6.45, 7) is -0.340. The Bertz CT molecular complexity index is 896. The molecule has 5 nitrogen and oxygen atoms in total. The Hall–Kier alpha value is -2.34. The minimum atomic E-state index is -0.823. The summed E-state index contributed by atoms with van der Waals surface area (Å²) >= 11 is 12.0. The molecule has 7 heteroatoms. The van der Waals surface area contributed by atoms with E-state index in [9.17, 15) is 19.8 Å². The standard InChI is InChI=1S/C19H15Cl2NO4/c20-12-6-7-13(14(21)10-12)17(24)15-16(11-4-2-1-3-5-11)22(8-9-23)19(26)18(15)25/h1-7,10,16,23-24H,8-9H2/t16-/m0/s1. The molecule has 0 bridgehead atoms. The second-order valence-electron chi connectivity index (χ2n) is 5.75. The van der Waals surface area contributed by atoms with Gasteiger partial charge in [-0.1, -0.05) is 53.5 Å². The van der Waals surface area contributed by atoms with Crippen LogP contribution in [-0.2, 0) is 9.59 Å². The molecule has 1 amide bonds. The smallest absolute Gasteiger partial charge is 0.295 e. The first-order valence-corrected chi connectivity index (χ1v) is 8.61. The molecule has 1 heterocycles. The van der Waals surface area contributed by atoms with Crippen LogP contribution in [0.25, 0.3) is 5.76 Å². The van der Waals surface area contributed by atoms with Crippen molar-refractivity contribution < 1.29 is 19.8 Å². The molecule has 1 saturated heterocycles. The first-order chi connectivity index (χ1) is 12.5. The Morgan fingerprint density at radius 1 is 1.08 bits per heavy atom. The first-order valence-electron chi connectivity index (χ1n) is 7.85. The summed E-state index contributed by atoms with van der Waals surface area (Å²) < 4.78 is 0. The Kier molecular flexibility index (Phi) is 5.32. The van der Waals surface area contributed by atoms with E-state index >= 15 is 0 Å². The average Bonchev–Trinajstić information content (AvgIpc) is 2.87. The SMILES string of the molecule is O=C1C(=O)N(CCO)[C@@H](c2ccccc2)C1=C(O)c1ccc(Cl)cc1Cl. The zero-order valence-electron chi connectivity index (χ0n) is 13.5. The van der Waals surface area contributed by atoms with Crippen molar-refractivity contribution in [3.63, 3.8) is 0 Å². The number of halogens is 2. The predicted octanol–water partition coefficient (Wildman–Crippen LogP) is 3.41. The maximum Gasteiger partial charge on any atom is 0.295 e. The number of carbonyl (C=O) groups excluding carboxylic acids is 2.